The molecule has 1 saturated carbocycles. The molecule has 5 rings (SSSR count). The maximum atomic E-state index is 6.33. The van der Waals surface area contributed by atoms with Crippen molar-refractivity contribution in [3.05, 3.63) is 78.4 Å². The standard InChI is InChI=1S/C26H28N4O2/c1-31-21-12-10-19(11-13-21)26-29-23(24-25(27)28-14-15-30(24)26)20-8-5-9-22(16-20)32-17-18-6-3-2-4-7-18/h2-9,14-16,19,21H,10-13,17H2,1H3,(H2,27,28)/t19-,21-. The van der Waals surface area contributed by atoms with E-state index in [1.54, 1.807) is 13.3 Å². The Morgan fingerprint density at radius 2 is 1.84 bits per heavy atom. The summed E-state index contributed by atoms with van der Waals surface area (Å²) >= 11 is 0. The van der Waals surface area contributed by atoms with Crippen LogP contribution in [0.25, 0.3) is 16.8 Å². The number of imidazole rings is 1. The highest BCUT2D eigenvalue weighted by molar-refractivity contribution is 5.85. The van der Waals surface area contributed by atoms with E-state index in [-0.39, 0.29) is 0 Å². The summed E-state index contributed by atoms with van der Waals surface area (Å²) in [5, 5.41) is 0. The van der Waals surface area contributed by atoms with E-state index >= 15 is 0 Å². The van der Waals surface area contributed by atoms with E-state index < -0.39 is 0 Å². The Balaban J connectivity index is 1.48. The van der Waals surface area contributed by atoms with Crippen LogP contribution < -0.4 is 10.5 Å². The molecule has 1 fully saturated rings. The molecule has 32 heavy (non-hydrogen) atoms. The van der Waals surface area contributed by atoms with Gasteiger partial charge in [0.05, 0.1) is 6.10 Å². The second kappa shape index (κ2) is 9.01. The number of nitrogens with zero attached hydrogens (tertiary/aromatic N) is 3. The second-order valence-electron chi connectivity index (χ2n) is 8.36. The van der Waals surface area contributed by atoms with Gasteiger partial charge in [-0.3, -0.25) is 4.40 Å². The Morgan fingerprint density at radius 3 is 2.62 bits per heavy atom. The lowest BCUT2D eigenvalue weighted by atomic mass is 9.87. The monoisotopic (exact) mass is 428 g/mol. The van der Waals surface area contributed by atoms with Gasteiger partial charge in [-0.05, 0) is 43.4 Å². The van der Waals surface area contributed by atoms with Crippen molar-refractivity contribution in [1.82, 2.24) is 14.4 Å². The first kappa shape index (κ1) is 20.5. The van der Waals surface area contributed by atoms with Crippen LogP contribution in [0.15, 0.2) is 67.0 Å². The minimum absolute atomic E-state index is 0.349. The Labute approximate surface area is 188 Å². The third kappa shape index (κ3) is 4.06. The molecule has 0 aliphatic heterocycles. The first-order valence-corrected chi connectivity index (χ1v) is 11.2. The molecule has 0 amide bonds. The van der Waals surface area contributed by atoms with Gasteiger partial charge in [-0.15, -0.1) is 0 Å². The first-order chi connectivity index (χ1) is 15.7. The van der Waals surface area contributed by atoms with Crippen molar-refractivity contribution >= 4 is 11.3 Å². The van der Waals surface area contributed by atoms with Crippen LogP contribution in [0.4, 0.5) is 5.82 Å². The molecule has 0 radical (unpaired) electrons. The third-order valence-electron chi connectivity index (χ3n) is 6.34. The lowest BCUT2D eigenvalue weighted by Crippen LogP contribution is -2.20. The summed E-state index contributed by atoms with van der Waals surface area (Å²) in [4.78, 5) is 9.44. The van der Waals surface area contributed by atoms with Gasteiger partial charge in [0.2, 0.25) is 0 Å². The van der Waals surface area contributed by atoms with Gasteiger partial charge in [0, 0.05) is 31.0 Å². The average Bonchev–Trinajstić information content (AvgIpc) is 3.25. The van der Waals surface area contributed by atoms with Crippen molar-refractivity contribution < 1.29 is 9.47 Å². The summed E-state index contributed by atoms with van der Waals surface area (Å²) in [6.45, 7) is 0.520. The SMILES string of the molecule is CO[C@H]1CC[C@H](c2nc(-c3cccc(OCc4ccccc4)c3)c3c(N)nccn32)CC1. The van der Waals surface area contributed by atoms with Crippen LogP contribution in [0.3, 0.4) is 0 Å². The number of nitrogens with two attached hydrogens (primary N) is 1. The van der Waals surface area contributed by atoms with Gasteiger partial charge in [0.25, 0.3) is 0 Å². The number of fused-ring (bicyclic) bond motifs is 1. The molecular weight excluding hydrogens is 400 g/mol. The number of methoxy groups -OCH3 is 1. The molecule has 1 aliphatic rings. The molecule has 1 aliphatic carbocycles. The van der Waals surface area contributed by atoms with Gasteiger partial charge in [-0.25, -0.2) is 9.97 Å². The number of hydrogen-bond acceptors (Lipinski definition) is 5. The van der Waals surface area contributed by atoms with Crippen molar-refractivity contribution in [2.45, 2.75) is 44.3 Å². The molecule has 2 heterocycles. The van der Waals surface area contributed by atoms with Gasteiger partial charge >= 0.3 is 0 Å². The van der Waals surface area contributed by atoms with Crippen molar-refractivity contribution in [1.29, 1.82) is 0 Å². The predicted octanol–water partition coefficient (Wildman–Crippen LogP) is 5.23. The van der Waals surface area contributed by atoms with Crippen molar-refractivity contribution in [3.63, 3.8) is 0 Å². The Morgan fingerprint density at radius 1 is 1.03 bits per heavy atom. The Kier molecular flexibility index (Phi) is 5.77. The largest absolute Gasteiger partial charge is 0.489 e. The normalized spacial score (nSPS) is 18.7. The maximum Gasteiger partial charge on any atom is 0.150 e. The molecule has 2 N–H and O–H groups in total. The van der Waals surface area contributed by atoms with E-state index in [0.29, 0.717) is 24.4 Å². The van der Waals surface area contributed by atoms with Gasteiger partial charge in [-0.2, -0.15) is 0 Å². The molecule has 6 nitrogen and oxygen atoms in total. The minimum atomic E-state index is 0.349. The Bertz CT molecular complexity index is 1200. The molecule has 4 aromatic rings. The number of benzene rings is 2. The second-order valence-corrected chi connectivity index (χ2v) is 8.36. The zero-order valence-electron chi connectivity index (χ0n) is 18.3. The quantitative estimate of drug-likeness (QED) is 0.455. The van der Waals surface area contributed by atoms with Crippen LogP contribution in [-0.4, -0.2) is 27.6 Å². The minimum Gasteiger partial charge on any atom is -0.489 e. The molecule has 0 bridgehead atoms. The van der Waals surface area contributed by atoms with Crippen LogP contribution in [0.1, 0.15) is 43.0 Å². The number of nitrogen functional groups attached to an aromatic ring is 1. The lowest BCUT2D eigenvalue weighted by molar-refractivity contribution is 0.0650. The summed E-state index contributed by atoms with van der Waals surface area (Å²) in [5.74, 6) is 2.72. The van der Waals surface area contributed by atoms with E-state index in [1.165, 1.54) is 0 Å². The smallest absolute Gasteiger partial charge is 0.150 e. The van der Waals surface area contributed by atoms with E-state index in [2.05, 4.69) is 27.6 Å². The van der Waals surface area contributed by atoms with Crippen LogP contribution >= 0.6 is 0 Å². The van der Waals surface area contributed by atoms with Crippen LogP contribution in [0.2, 0.25) is 0 Å². The molecule has 6 heteroatoms. The number of anilines is 1. The highest BCUT2D eigenvalue weighted by Gasteiger charge is 2.27. The highest BCUT2D eigenvalue weighted by atomic mass is 16.5. The van der Waals surface area contributed by atoms with Gasteiger partial charge in [-0.1, -0.05) is 42.5 Å². The maximum absolute atomic E-state index is 6.33. The lowest BCUT2D eigenvalue weighted by Gasteiger charge is -2.26. The number of aromatic nitrogens is 3. The zero-order chi connectivity index (χ0) is 21.9. The van der Waals surface area contributed by atoms with Gasteiger partial charge in [0.15, 0.2) is 0 Å². The summed E-state index contributed by atoms with van der Waals surface area (Å²) in [5.41, 5.74) is 10.1. The summed E-state index contributed by atoms with van der Waals surface area (Å²) in [6, 6.07) is 18.2. The van der Waals surface area contributed by atoms with E-state index in [0.717, 1.165) is 59.6 Å². The molecule has 0 atom stereocenters. The van der Waals surface area contributed by atoms with Crippen LogP contribution in [-0.2, 0) is 11.3 Å². The molecule has 2 aromatic heterocycles. The first-order valence-electron chi connectivity index (χ1n) is 11.2. The molecule has 0 spiro atoms. The zero-order valence-corrected chi connectivity index (χ0v) is 18.3. The molecule has 2 aromatic carbocycles. The average molecular weight is 429 g/mol. The molecule has 0 saturated heterocycles. The summed E-state index contributed by atoms with van der Waals surface area (Å²) in [6.07, 6.45) is 8.28. The van der Waals surface area contributed by atoms with Gasteiger partial charge in [0.1, 0.15) is 35.2 Å². The van der Waals surface area contributed by atoms with Crippen molar-refractivity contribution in [2.24, 2.45) is 0 Å². The van der Waals surface area contributed by atoms with Crippen LogP contribution in [0, 0.1) is 0 Å². The highest BCUT2D eigenvalue weighted by Crippen LogP contribution is 2.37. The molecule has 164 valence electrons. The third-order valence-corrected chi connectivity index (χ3v) is 6.34. The topological polar surface area (TPSA) is 74.7 Å². The number of hydrogen-bond donors (Lipinski definition) is 1. The molecular formula is C26H28N4O2. The van der Waals surface area contributed by atoms with E-state index in [4.69, 9.17) is 20.2 Å². The fourth-order valence-electron chi connectivity index (χ4n) is 4.61. The summed E-state index contributed by atoms with van der Waals surface area (Å²) < 4.78 is 13.7. The molecule has 0 unspecified atom stereocenters. The van der Waals surface area contributed by atoms with Gasteiger partial charge < -0.3 is 15.2 Å². The number of ether oxygens (including phenoxy) is 2. The fraction of sp³-hybridized carbons (Fsp3) is 0.308. The number of rotatable bonds is 6. The summed E-state index contributed by atoms with van der Waals surface area (Å²) in [7, 11) is 1.80. The van der Waals surface area contributed by atoms with Crippen LogP contribution in [0.5, 0.6) is 5.75 Å². The van der Waals surface area contributed by atoms with Crippen molar-refractivity contribution in [3.8, 4) is 17.0 Å². The van der Waals surface area contributed by atoms with E-state index in [9.17, 15) is 0 Å². The fourth-order valence-corrected chi connectivity index (χ4v) is 4.61. The van der Waals surface area contributed by atoms with E-state index in [1.807, 2.05) is 42.6 Å². The Hall–Kier alpha value is -3.38. The van der Waals surface area contributed by atoms with Crippen molar-refractivity contribution in [2.75, 3.05) is 12.8 Å². The predicted molar refractivity (Wildman–Crippen MR) is 126 cm³/mol.